The molecule has 0 spiro atoms. The van der Waals surface area contributed by atoms with Crippen molar-refractivity contribution in [3.8, 4) is 0 Å². The Hall–Kier alpha value is -2.62. The third-order valence-corrected chi connectivity index (χ3v) is 4.15. The summed E-state index contributed by atoms with van der Waals surface area (Å²) in [7, 11) is 0. The molecule has 0 saturated heterocycles. The number of amides is 2. The Morgan fingerprint density at radius 3 is 2.42 bits per heavy atom. The number of hydrogen-bond acceptors (Lipinski definition) is 2. The summed E-state index contributed by atoms with van der Waals surface area (Å²) in [5, 5.41) is 2.88. The van der Waals surface area contributed by atoms with Crippen LogP contribution < -0.4 is 10.2 Å². The molecule has 2 amide bonds. The molecule has 1 N–H and O–H groups in total. The Balaban J connectivity index is 2.03. The largest absolute Gasteiger partial charge is 0.350 e. The summed E-state index contributed by atoms with van der Waals surface area (Å²) in [6.45, 7) is 8.37. The number of carbonyl (C=O) groups is 2. The molecule has 0 fully saturated rings. The van der Waals surface area contributed by atoms with Crippen LogP contribution in [0.3, 0.4) is 0 Å². The van der Waals surface area contributed by atoms with Crippen molar-refractivity contribution in [1.82, 2.24) is 5.32 Å². The first kappa shape index (κ1) is 17.7. The van der Waals surface area contributed by atoms with Crippen molar-refractivity contribution in [2.75, 3.05) is 18.0 Å². The molecule has 0 aliphatic carbocycles. The van der Waals surface area contributed by atoms with E-state index in [1.807, 2.05) is 57.2 Å². The van der Waals surface area contributed by atoms with Crippen molar-refractivity contribution >= 4 is 17.5 Å². The molecule has 0 radical (unpaired) electrons. The summed E-state index contributed by atoms with van der Waals surface area (Å²) in [5.41, 5.74) is 4.80. The van der Waals surface area contributed by atoms with Gasteiger partial charge in [-0.1, -0.05) is 29.8 Å². The van der Waals surface area contributed by atoms with Crippen LogP contribution in [0.15, 0.2) is 42.5 Å². The average Bonchev–Trinajstić information content (AvgIpc) is 2.54. The second-order valence-electron chi connectivity index (χ2n) is 6.02. The van der Waals surface area contributed by atoms with Gasteiger partial charge < -0.3 is 10.2 Å². The Morgan fingerprint density at radius 2 is 1.75 bits per heavy atom. The Labute approximate surface area is 143 Å². The molecule has 0 aliphatic rings. The highest BCUT2D eigenvalue weighted by Gasteiger charge is 2.15. The SMILES string of the molecule is CC(=O)N(CCNC(=O)c1cccc(C)c1)c1cccc(C)c1C. The van der Waals surface area contributed by atoms with E-state index in [0.717, 1.165) is 22.4 Å². The zero-order valence-electron chi connectivity index (χ0n) is 14.7. The van der Waals surface area contributed by atoms with Gasteiger partial charge in [0.05, 0.1) is 0 Å². The maximum Gasteiger partial charge on any atom is 0.251 e. The minimum absolute atomic E-state index is 0.0338. The lowest BCUT2D eigenvalue weighted by molar-refractivity contribution is -0.116. The first-order valence-corrected chi connectivity index (χ1v) is 8.09. The zero-order chi connectivity index (χ0) is 17.7. The predicted molar refractivity (Wildman–Crippen MR) is 97.5 cm³/mol. The van der Waals surface area contributed by atoms with Crippen LogP contribution in [0.4, 0.5) is 5.69 Å². The summed E-state index contributed by atoms with van der Waals surface area (Å²) >= 11 is 0. The molecular formula is C20H24N2O2. The molecule has 2 aromatic carbocycles. The van der Waals surface area contributed by atoms with E-state index >= 15 is 0 Å². The van der Waals surface area contributed by atoms with Gasteiger partial charge in [-0.3, -0.25) is 9.59 Å². The molecule has 126 valence electrons. The highest BCUT2D eigenvalue weighted by molar-refractivity contribution is 5.95. The van der Waals surface area contributed by atoms with Crippen molar-refractivity contribution in [2.45, 2.75) is 27.7 Å². The van der Waals surface area contributed by atoms with Crippen LogP contribution in [0.5, 0.6) is 0 Å². The molecule has 0 heterocycles. The minimum Gasteiger partial charge on any atom is -0.350 e. The quantitative estimate of drug-likeness (QED) is 0.916. The molecule has 24 heavy (non-hydrogen) atoms. The molecule has 2 aromatic rings. The Morgan fingerprint density at radius 1 is 1.04 bits per heavy atom. The fourth-order valence-corrected chi connectivity index (χ4v) is 2.65. The fourth-order valence-electron chi connectivity index (χ4n) is 2.65. The van der Waals surface area contributed by atoms with E-state index in [9.17, 15) is 9.59 Å². The molecule has 2 rings (SSSR count). The van der Waals surface area contributed by atoms with Gasteiger partial charge in [0.25, 0.3) is 5.91 Å². The third kappa shape index (κ3) is 4.22. The predicted octanol–water partition coefficient (Wildman–Crippen LogP) is 3.39. The average molecular weight is 324 g/mol. The van der Waals surface area contributed by atoms with Crippen LogP contribution in [0, 0.1) is 20.8 Å². The number of nitrogens with zero attached hydrogens (tertiary/aromatic N) is 1. The smallest absolute Gasteiger partial charge is 0.251 e. The van der Waals surface area contributed by atoms with Crippen molar-refractivity contribution in [1.29, 1.82) is 0 Å². The highest BCUT2D eigenvalue weighted by Crippen LogP contribution is 2.22. The van der Waals surface area contributed by atoms with Crippen LogP contribution in [0.25, 0.3) is 0 Å². The van der Waals surface area contributed by atoms with Crippen LogP contribution >= 0.6 is 0 Å². The first-order chi connectivity index (χ1) is 11.4. The minimum atomic E-state index is -0.122. The van der Waals surface area contributed by atoms with Gasteiger partial charge in [-0.25, -0.2) is 0 Å². The Kier molecular flexibility index (Phi) is 5.74. The van der Waals surface area contributed by atoms with E-state index in [-0.39, 0.29) is 11.8 Å². The number of benzene rings is 2. The number of carbonyl (C=O) groups excluding carboxylic acids is 2. The van der Waals surface area contributed by atoms with Gasteiger partial charge in [-0.05, 0) is 50.1 Å². The van der Waals surface area contributed by atoms with Gasteiger partial charge in [-0.2, -0.15) is 0 Å². The van der Waals surface area contributed by atoms with Gasteiger partial charge >= 0.3 is 0 Å². The van der Waals surface area contributed by atoms with E-state index in [1.54, 1.807) is 17.9 Å². The topological polar surface area (TPSA) is 49.4 Å². The van der Waals surface area contributed by atoms with Crippen molar-refractivity contribution in [2.24, 2.45) is 0 Å². The second kappa shape index (κ2) is 7.77. The third-order valence-electron chi connectivity index (χ3n) is 4.15. The van der Waals surface area contributed by atoms with Gasteiger partial charge in [0.15, 0.2) is 0 Å². The second-order valence-corrected chi connectivity index (χ2v) is 6.02. The molecule has 4 nitrogen and oxygen atoms in total. The summed E-state index contributed by atoms with van der Waals surface area (Å²) in [6.07, 6.45) is 0. The molecule has 0 atom stereocenters. The lowest BCUT2D eigenvalue weighted by atomic mass is 10.1. The standard InChI is InChI=1S/C20H24N2O2/c1-14-7-5-9-18(13-14)20(24)21-11-12-22(17(4)23)19-10-6-8-15(2)16(19)3/h5-10,13H,11-12H2,1-4H3,(H,21,24). The van der Waals surface area contributed by atoms with Crippen LogP contribution in [0.2, 0.25) is 0 Å². The highest BCUT2D eigenvalue weighted by atomic mass is 16.2. The van der Waals surface area contributed by atoms with Crippen LogP contribution in [-0.4, -0.2) is 24.9 Å². The van der Waals surface area contributed by atoms with E-state index in [1.165, 1.54) is 0 Å². The van der Waals surface area contributed by atoms with E-state index in [2.05, 4.69) is 5.32 Å². The number of hydrogen-bond donors (Lipinski definition) is 1. The summed E-state index contributed by atoms with van der Waals surface area (Å²) in [6, 6.07) is 13.4. The molecule has 0 aromatic heterocycles. The molecule has 0 saturated carbocycles. The molecule has 0 bridgehead atoms. The lowest BCUT2D eigenvalue weighted by Gasteiger charge is -2.24. The molecule has 0 aliphatic heterocycles. The summed E-state index contributed by atoms with van der Waals surface area (Å²) in [5.74, 6) is -0.156. The van der Waals surface area contributed by atoms with Gasteiger partial charge in [0, 0.05) is 31.3 Å². The maximum atomic E-state index is 12.2. The van der Waals surface area contributed by atoms with Crippen LogP contribution in [-0.2, 0) is 4.79 Å². The number of aryl methyl sites for hydroxylation is 2. The fraction of sp³-hybridized carbons (Fsp3) is 0.300. The van der Waals surface area contributed by atoms with Crippen molar-refractivity contribution < 1.29 is 9.59 Å². The summed E-state index contributed by atoms with van der Waals surface area (Å²) < 4.78 is 0. The normalized spacial score (nSPS) is 10.3. The van der Waals surface area contributed by atoms with Crippen LogP contribution in [0.1, 0.15) is 34.0 Å². The Bertz CT molecular complexity index is 753. The van der Waals surface area contributed by atoms with Gasteiger partial charge in [0.1, 0.15) is 0 Å². The van der Waals surface area contributed by atoms with Crippen molar-refractivity contribution in [3.63, 3.8) is 0 Å². The molecule has 0 unspecified atom stereocenters. The summed E-state index contributed by atoms with van der Waals surface area (Å²) in [4.78, 5) is 25.9. The van der Waals surface area contributed by atoms with E-state index < -0.39 is 0 Å². The number of rotatable bonds is 5. The molecule has 4 heteroatoms. The lowest BCUT2D eigenvalue weighted by Crippen LogP contribution is -2.38. The number of anilines is 1. The maximum absolute atomic E-state index is 12.2. The first-order valence-electron chi connectivity index (χ1n) is 8.09. The van der Waals surface area contributed by atoms with Gasteiger partial charge in [0.2, 0.25) is 5.91 Å². The monoisotopic (exact) mass is 324 g/mol. The molecular weight excluding hydrogens is 300 g/mol. The number of nitrogens with one attached hydrogen (secondary N) is 1. The van der Waals surface area contributed by atoms with Crippen molar-refractivity contribution in [3.05, 3.63) is 64.7 Å². The zero-order valence-corrected chi connectivity index (χ0v) is 14.7. The van der Waals surface area contributed by atoms with E-state index in [4.69, 9.17) is 0 Å². The van der Waals surface area contributed by atoms with E-state index in [0.29, 0.717) is 18.7 Å². The van der Waals surface area contributed by atoms with Gasteiger partial charge in [-0.15, -0.1) is 0 Å².